The van der Waals surface area contributed by atoms with Crippen molar-refractivity contribution in [2.45, 2.75) is 51.8 Å². The van der Waals surface area contributed by atoms with Crippen molar-refractivity contribution in [3.8, 4) is 5.75 Å². The highest BCUT2D eigenvalue weighted by Gasteiger charge is 2.22. The summed E-state index contributed by atoms with van der Waals surface area (Å²) in [5, 5.41) is 3.42. The SMILES string of the molecule is COc1ccc(C(CC(=O)OC(C)C)NC(=O)c2ccc3c(=O)n4c(nc3c2)CCC4)cc1. The molecule has 172 valence electrons. The number of amides is 1. The van der Waals surface area contributed by atoms with E-state index in [-0.39, 0.29) is 24.0 Å². The zero-order valence-electron chi connectivity index (χ0n) is 19.0. The van der Waals surface area contributed by atoms with E-state index in [0.29, 0.717) is 28.8 Å². The molecule has 1 N–H and O–H groups in total. The molecule has 1 aliphatic rings. The second-order valence-corrected chi connectivity index (χ2v) is 8.36. The number of nitrogens with one attached hydrogen (secondary N) is 1. The maximum absolute atomic E-state index is 13.1. The number of rotatable bonds is 7. The Morgan fingerprint density at radius 3 is 2.61 bits per heavy atom. The third-order valence-corrected chi connectivity index (χ3v) is 5.64. The van der Waals surface area contributed by atoms with Gasteiger partial charge in [-0.2, -0.15) is 0 Å². The number of esters is 1. The van der Waals surface area contributed by atoms with Crippen LogP contribution in [-0.4, -0.2) is 34.6 Å². The summed E-state index contributed by atoms with van der Waals surface area (Å²) in [5.74, 6) is 0.651. The van der Waals surface area contributed by atoms with Crippen LogP contribution in [0.2, 0.25) is 0 Å². The average molecular weight is 450 g/mol. The van der Waals surface area contributed by atoms with Crippen molar-refractivity contribution >= 4 is 22.8 Å². The third kappa shape index (κ3) is 4.89. The Balaban J connectivity index is 1.61. The summed E-state index contributed by atoms with van der Waals surface area (Å²) in [7, 11) is 1.57. The lowest BCUT2D eigenvalue weighted by Crippen LogP contribution is -2.31. The molecule has 1 aliphatic heterocycles. The van der Waals surface area contributed by atoms with Crippen LogP contribution < -0.4 is 15.6 Å². The number of hydrogen-bond acceptors (Lipinski definition) is 6. The van der Waals surface area contributed by atoms with E-state index in [4.69, 9.17) is 9.47 Å². The molecule has 0 saturated carbocycles. The van der Waals surface area contributed by atoms with Gasteiger partial charge in [-0.05, 0) is 56.2 Å². The topological polar surface area (TPSA) is 99.5 Å². The Morgan fingerprint density at radius 2 is 1.91 bits per heavy atom. The van der Waals surface area contributed by atoms with Gasteiger partial charge in [0.15, 0.2) is 0 Å². The summed E-state index contributed by atoms with van der Waals surface area (Å²) in [6.45, 7) is 4.23. The lowest BCUT2D eigenvalue weighted by molar-refractivity contribution is -0.147. The van der Waals surface area contributed by atoms with Crippen LogP contribution in [0.4, 0.5) is 0 Å². The van der Waals surface area contributed by atoms with E-state index in [9.17, 15) is 14.4 Å². The fourth-order valence-electron chi connectivity index (χ4n) is 4.03. The van der Waals surface area contributed by atoms with Crippen LogP contribution in [0.3, 0.4) is 0 Å². The van der Waals surface area contributed by atoms with Crippen molar-refractivity contribution in [3.63, 3.8) is 0 Å². The smallest absolute Gasteiger partial charge is 0.308 e. The van der Waals surface area contributed by atoms with E-state index in [1.54, 1.807) is 68.0 Å². The molecule has 0 saturated heterocycles. The third-order valence-electron chi connectivity index (χ3n) is 5.64. The summed E-state index contributed by atoms with van der Waals surface area (Å²) >= 11 is 0. The molecule has 0 aliphatic carbocycles. The van der Waals surface area contributed by atoms with Gasteiger partial charge in [-0.1, -0.05) is 12.1 Å². The zero-order chi connectivity index (χ0) is 23.5. The highest BCUT2D eigenvalue weighted by molar-refractivity contribution is 5.98. The maximum Gasteiger partial charge on any atom is 0.308 e. The van der Waals surface area contributed by atoms with Crippen LogP contribution in [-0.2, 0) is 22.5 Å². The first-order chi connectivity index (χ1) is 15.9. The molecule has 3 aromatic rings. The van der Waals surface area contributed by atoms with Gasteiger partial charge in [-0.25, -0.2) is 4.98 Å². The normalized spacial score (nSPS) is 13.6. The molecule has 33 heavy (non-hydrogen) atoms. The van der Waals surface area contributed by atoms with Crippen molar-refractivity contribution in [1.29, 1.82) is 0 Å². The Hall–Kier alpha value is -3.68. The van der Waals surface area contributed by atoms with Gasteiger partial charge >= 0.3 is 5.97 Å². The molecule has 0 fully saturated rings. The Bertz CT molecular complexity index is 1250. The number of carbonyl (C=O) groups excluding carboxylic acids is 2. The quantitative estimate of drug-likeness (QED) is 0.556. The molecule has 8 nitrogen and oxygen atoms in total. The van der Waals surface area contributed by atoms with Gasteiger partial charge in [-0.3, -0.25) is 19.0 Å². The number of ether oxygens (including phenoxy) is 2. The van der Waals surface area contributed by atoms with E-state index in [2.05, 4.69) is 10.3 Å². The lowest BCUT2D eigenvalue weighted by Gasteiger charge is -2.20. The predicted molar refractivity (Wildman–Crippen MR) is 123 cm³/mol. The van der Waals surface area contributed by atoms with Crippen LogP contribution in [0, 0.1) is 0 Å². The van der Waals surface area contributed by atoms with Crippen LogP contribution >= 0.6 is 0 Å². The molecule has 4 rings (SSSR count). The Labute approximate surface area is 191 Å². The second-order valence-electron chi connectivity index (χ2n) is 8.36. The van der Waals surface area contributed by atoms with E-state index < -0.39 is 12.0 Å². The molecule has 1 unspecified atom stereocenters. The monoisotopic (exact) mass is 449 g/mol. The highest BCUT2D eigenvalue weighted by Crippen LogP contribution is 2.23. The second kappa shape index (κ2) is 9.44. The molecule has 8 heteroatoms. The number of carbonyl (C=O) groups is 2. The fraction of sp³-hybridized carbons (Fsp3) is 0.360. The number of benzene rings is 2. The minimum atomic E-state index is -0.594. The zero-order valence-corrected chi connectivity index (χ0v) is 19.0. The first-order valence-electron chi connectivity index (χ1n) is 11.0. The van der Waals surface area contributed by atoms with E-state index in [0.717, 1.165) is 24.2 Å². The molecule has 1 amide bonds. The summed E-state index contributed by atoms with van der Waals surface area (Å²) in [4.78, 5) is 42.8. The number of aromatic nitrogens is 2. The summed E-state index contributed by atoms with van der Waals surface area (Å²) in [6, 6.07) is 11.4. The molecular formula is C25H27N3O5. The first kappa shape index (κ1) is 22.5. The van der Waals surface area contributed by atoms with Crippen molar-refractivity contribution in [2.75, 3.05) is 7.11 Å². The average Bonchev–Trinajstić information content (AvgIpc) is 3.26. The van der Waals surface area contributed by atoms with Crippen molar-refractivity contribution in [1.82, 2.24) is 14.9 Å². The molecule has 2 heterocycles. The standard InChI is InChI=1S/C25H27N3O5/c1-15(2)33-23(29)14-20(16-6-9-18(32-3)10-7-16)27-24(30)17-8-11-19-21(13-17)26-22-5-4-12-28(22)25(19)31/h6-11,13,15,20H,4-5,12,14H2,1-3H3,(H,27,30). The fourth-order valence-corrected chi connectivity index (χ4v) is 4.03. The minimum Gasteiger partial charge on any atom is -0.497 e. The van der Waals surface area contributed by atoms with Gasteiger partial charge in [-0.15, -0.1) is 0 Å². The molecular weight excluding hydrogens is 422 g/mol. The number of aryl methyl sites for hydroxylation is 1. The molecule has 1 aromatic heterocycles. The van der Waals surface area contributed by atoms with Gasteiger partial charge in [0, 0.05) is 18.5 Å². The Kier molecular flexibility index (Phi) is 6.44. The number of nitrogens with zero attached hydrogens (tertiary/aromatic N) is 2. The summed E-state index contributed by atoms with van der Waals surface area (Å²) < 4.78 is 12.2. The van der Waals surface area contributed by atoms with Gasteiger partial charge in [0.05, 0.1) is 36.6 Å². The first-order valence-corrected chi connectivity index (χ1v) is 11.0. The van der Waals surface area contributed by atoms with Gasteiger partial charge in [0.1, 0.15) is 11.6 Å². The highest BCUT2D eigenvalue weighted by atomic mass is 16.5. The Morgan fingerprint density at radius 1 is 1.15 bits per heavy atom. The lowest BCUT2D eigenvalue weighted by atomic mass is 10.0. The van der Waals surface area contributed by atoms with Gasteiger partial charge < -0.3 is 14.8 Å². The number of methoxy groups -OCH3 is 1. The maximum atomic E-state index is 13.1. The minimum absolute atomic E-state index is 0.0169. The van der Waals surface area contributed by atoms with Crippen molar-refractivity contribution < 1.29 is 19.1 Å². The molecule has 0 spiro atoms. The number of hydrogen-bond donors (Lipinski definition) is 1. The molecule has 1 atom stereocenters. The molecule has 2 aromatic carbocycles. The van der Waals surface area contributed by atoms with E-state index >= 15 is 0 Å². The van der Waals surface area contributed by atoms with Crippen LogP contribution in [0.25, 0.3) is 10.9 Å². The number of fused-ring (bicyclic) bond motifs is 2. The summed E-state index contributed by atoms with van der Waals surface area (Å²) in [6.07, 6.45) is 1.37. The van der Waals surface area contributed by atoms with E-state index in [1.807, 2.05) is 0 Å². The van der Waals surface area contributed by atoms with Crippen LogP contribution in [0.1, 0.15) is 54.5 Å². The summed E-state index contributed by atoms with van der Waals surface area (Å²) in [5.41, 5.74) is 1.54. The van der Waals surface area contributed by atoms with E-state index in [1.165, 1.54) is 0 Å². The van der Waals surface area contributed by atoms with Crippen LogP contribution in [0.15, 0.2) is 47.3 Å². The van der Waals surface area contributed by atoms with Crippen molar-refractivity contribution in [3.05, 3.63) is 69.8 Å². The predicted octanol–water partition coefficient (Wildman–Crippen LogP) is 3.16. The molecule has 0 radical (unpaired) electrons. The van der Waals surface area contributed by atoms with Crippen molar-refractivity contribution in [2.24, 2.45) is 0 Å². The van der Waals surface area contributed by atoms with Gasteiger partial charge in [0.25, 0.3) is 11.5 Å². The largest absolute Gasteiger partial charge is 0.497 e. The van der Waals surface area contributed by atoms with Gasteiger partial charge in [0.2, 0.25) is 0 Å². The molecule has 0 bridgehead atoms. The van der Waals surface area contributed by atoms with Crippen LogP contribution in [0.5, 0.6) is 5.75 Å².